The highest BCUT2D eigenvalue weighted by molar-refractivity contribution is 5.85. The lowest BCUT2D eigenvalue weighted by atomic mass is 10.1. The number of aliphatic hydroxyl groups excluding tert-OH is 2. The van der Waals surface area contributed by atoms with Crippen LogP contribution >= 0.6 is 12.4 Å². The van der Waals surface area contributed by atoms with E-state index < -0.39 is 18.2 Å². The van der Waals surface area contributed by atoms with Gasteiger partial charge in [-0.25, -0.2) is 0 Å². The van der Waals surface area contributed by atoms with E-state index in [2.05, 4.69) is 0 Å². The van der Waals surface area contributed by atoms with Crippen molar-refractivity contribution in [1.82, 2.24) is 0 Å². The molecule has 11 heavy (non-hydrogen) atoms. The smallest absolute Gasteiger partial charge is 0.121 e. The highest BCUT2D eigenvalue weighted by atomic mass is 35.5. The van der Waals surface area contributed by atoms with Crippen molar-refractivity contribution in [2.24, 2.45) is 5.73 Å². The number of nitrogens with two attached hydrogens (primary N) is 1. The van der Waals surface area contributed by atoms with E-state index in [0.29, 0.717) is 6.29 Å². The minimum Gasteiger partial charge on any atom is -0.391 e. The van der Waals surface area contributed by atoms with Gasteiger partial charge in [-0.1, -0.05) is 0 Å². The molecule has 0 spiro atoms. The van der Waals surface area contributed by atoms with E-state index in [1.165, 1.54) is 6.92 Å². The lowest BCUT2D eigenvalue weighted by Crippen LogP contribution is -2.41. The van der Waals surface area contributed by atoms with Gasteiger partial charge in [0.1, 0.15) is 6.29 Å². The van der Waals surface area contributed by atoms with Crippen LogP contribution in [0.5, 0.6) is 0 Å². The van der Waals surface area contributed by atoms with Crippen LogP contribution in [0.3, 0.4) is 0 Å². The molecule has 3 atom stereocenters. The highest BCUT2D eigenvalue weighted by Gasteiger charge is 2.18. The Morgan fingerprint density at radius 3 is 2.27 bits per heavy atom. The lowest BCUT2D eigenvalue weighted by Gasteiger charge is -2.18. The molecule has 0 aromatic carbocycles. The first-order valence-electron chi connectivity index (χ1n) is 3.15. The summed E-state index contributed by atoms with van der Waals surface area (Å²) in [4.78, 5) is 9.87. The molecule has 0 fully saturated rings. The molecule has 0 saturated heterocycles. The Balaban J connectivity index is 0. The maximum atomic E-state index is 9.87. The summed E-state index contributed by atoms with van der Waals surface area (Å²) < 4.78 is 0. The van der Waals surface area contributed by atoms with Crippen LogP contribution in [0.15, 0.2) is 0 Å². The molecule has 0 amide bonds. The summed E-state index contributed by atoms with van der Waals surface area (Å²) in [7, 11) is 0. The zero-order valence-corrected chi connectivity index (χ0v) is 7.12. The minimum absolute atomic E-state index is 0. The third-order valence-electron chi connectivity index (χ3n) is 1.30. The van der Waals surface area contributed by atoms with Gasteiger partial charge in [-0.3, -0.25) is 0 Å². The molecule has 68 valence electrons. The van der Waals surface area contributed by atoms with Crippen LogP contribution in [0.1, 0.15) is 13.3 Å². The van der Waals surface area contributed by atoms with E-state index >= 15 is 0 Å². The molecule has 0 aromatic rings. The van der Waals surface area contributed by atoms with Crippen molar-refractivity contribution in [2.75, 3.05) is 0 Å². The standard InChI is InChI=1S/C6H13NO3.ClH/c1-4(9)6(10)5(7)2-3-8;/h3-6,9-10H,2,7H2,1H3;1H/t4-,5-,6+;/m0./s1. The van der Waals surface area contributed by atoms with Gasteiger partial charge in [0, 0.05) is 12.5 Å². The van der Waals surface area contributed by atoms with Gasteiger partial charge >= 0.3 is 0 Å². The Bertz CT molecular complexity index is 110. The van der Waals surface area contributed by atoms with Crippen LogP contribution < -0.4 is 5.73 Å². The fraction of sp³-hybridized carbons (Fsp3) is 0.833. The molecule has 0 aliphatic rings. The normalized spacial score (nSPS) is 17.8. The van der Waals surface area contributed by atoms with Gasteiger partial charge in [-0.05, 0) is 6.92 Å². The molecule has 0 bridgehead atoms. The molecule has 4 nitrogen and oxygen atoms in total. The summed E-state index contributed by atoms with van der Waals surface area (Å²) in [6, 6.07) is -0.655. The van der Waals surface area contributed by atoms with Gasteiger partial charge in [0.2, 0.25) is 0 Å². The summed E-state index contributed by atoms with van der Waals surface area (Å²) in [5, 5.41) is 17.8. The molecule has 0 radical (unpaired) electrons. The molecule has 0 aromatic heterocycles. The fourth-order valence-electron chi connectivity index (χ4n) is 0.608. The van der Waals surface area contributed by atoms with Gasteiger partial charge in [-0.2, -0.15) is 0 Å². The second-order valence-electron chi connectivity index (χ2n) is 2.30. The number of aldehydes is 1. The molecule has 4 N–H and O–H groups in total. The summed E-state index contributed by atoms with van der Waals surface area (Å²) in [6.07, 6.45) is -1.19. The summed E-state index contributed by atoms with van der Waals surface area (Å²) in [5.41, 5.74) is 5.29. The maximum Gasteiger partial charge on any atom is 0.121 e. The van der Waals surface area contributed by atoms with E-state index in [0.717, 1.165) is 0 Å². The van der Waals surface area contributed by atoms with Gasteiger partial charge in [0.25, 0.3) is 0 Å². The number of carbonyl (C=O) groups excluding carboxylic acids is 1. The molecule has 0 saturated carbocycles. The predicted octanol–water partition coefficient (Wildman–Crippen LogP) is -0.934. The van der Waals surface area contributed by atoms with Crippen molar-refractivity contribution in [3.63, 3.8) is 0 Å². The molecule has 0 heterocycles. The summed E-state index contributed by atoms with van der Waals surface area (Å²) in [6.45, 7) is 1.43. The summed E-state index contributed by atoms with van der Waals surface area (Å²) in [5.74, 6) is 0. The SMILES string of the molecule is C[C@H](O)[C@@H](O)[C@@H](N)CC=O.Cl. The van der Waals surface area contributed by atoms with Crippen molar-refractivity contribution < 1.29 is 15.0 Å². The Hall–Kier alpha value is -0.160. The first kappa shape index (κ1) is 13.4. The number of rotatable bonds is 4. The third-order valence-corrected chi connectivity index (χ3v) is 1.30. The average molecular weight is 184 g/mol. The van der Waals surface area contributed by atoms with Crippen LogP contribution in [0.25, 0.3) is 0 Å². The van der Waals surface area contributed by atoms with Gasteiger partial charge < -0.3 is 20.7 Å². The Morgan fingerprint density at radius 1 is 1.55 bits per heavy atom. The summed E-state index contributed by atoms with van der Waals surface area (Å²) >= 11 is 0. The highest BCUT2D eigenvalue weighted by Crippen LogP contribution is 1.98. The molecule has 5 heteroatoms. The zero-order valence-electron chi connectivity index (χ0n) is 6.30. The van der Waals surface area contributed by atoms with Gasteiger partial charge in [-0.15, -0.1) is 12.4 Å². The van der Waals surface area contributed by atoms with Crippen LogP contribution in [-0.4, -0.2) is 34.7 Å². The largest absolute Gasteiger partial charge is 0.391 e. The molecule has 0 aliphatic carbocycles. The van der Waals surface area contributed by atoms with E-state index in [1.54, 1.807) is 0 Å². The van der Waals surface area contributed by atoms with E-state index in [1.807, 2.05) is 0 Å². The first-order chi connectivity index (χ1) is 4.59. The van der Waals surface area contributed by atoms with Crippen molar-refractivity contribution in [1.29, 1.82) is 0 Å². The number of carbonyl (C=O) groups is 1. The van der Waals surface area contributed by atoms with Gasteiger partial charge in [0.15, 0.2) is 0 Å². The lowest BCUT2D eigenvalue weighted by molar-refractivity contribution is -0.109. The van der Waals surface area contributed by atoms with Crippen molar-refractivity contribution in [2.45, 2.75) is 31.6 Å². The molecular weight excluding hydrogens is 170 g/mol. The van der Waals surface area contributed by atoms with Crippen molar-refractivity contribution >= 4 is 18.7 Å². The van der Waals surface area contributed by atoms with Crippen molar-refractivity contribution in [3.8, 4) is 0 Å². The second kappa shape index (κ2) is 6.54. The number of halogens is 1. The Labute approximate surface area is 71.8 Å². The van der Waals surface area contributed by atoms with E-state index in [9.17, 15) is 4.79 Å². The van der Waals surface area contributed by atoms with Gasteiger partial charge in [0.05, 0.1) is 12.2 Å². The van der Waals surface area contributed by atoms with E-state index in [-0.39, 0.29) is 18.8 Å². The quantitative estimate of drug-likeness (QED) is 0.492. The second-order valence-corrected chi connectivity index (χ2v) is 2.30. The molecule has 0 unspecified atom stereocenters. The van der Waals surface area contributed by atoms with Crippen LogP contribution in [0.2, 0.25) is 0 Å². The molecule has 0 rings (SSSR count). The molecule has 0 aliphatic heterocycles. The maximum absolute atomic E-state index is 9.87. The fourth-order valence-corrected chi connectivity index (χ4v) is 0.608. The van der Waals surface area contributed by atoms with E-state index in [4.69, 9.17) is 15.9 Å². The number of hydrogen-bond donors (Lipinski definition) is 3. The first-order valence-corrected chi connectivity index (χ1v) is 3.15. The average Bonchev–Trinajstić information content (AvgIpc) is 1.87. The zero-order chi connectivity index (χ0) is 8.15. The minimum atomic E-state index is -1.01. The number of aliphatic hydroxyl groups is 2. The monoisotopic (exact) mass is 183 g/mol. The topological polar surface area (TPSA) is 83.6 Å². The van der Waals surface area contributed by atoms with Crippen LogP contribution in [0, 0.1) is 0 Å². The number of hydrogen-bond acceptors (Lipinski definition) is 4. The molecular formula is C6H14ClNO3. The van der Waals surface area contributed by atoms with Crippen LogP contribution in [0.4, 0.5) is 0 Å². The third kappa shape index (κ3) is 5.15. The Morgan fingerprint density at radius 2 is 2.00 bits per heavy atom. The Kier molecular flexibility index (Phi) is 7.99. The van der Waals surface area contributed by atoms with Crippen LogP contribution in [-0.2, 0) is 4.79 Å². The predicted molar refractivity (Wildman–Crippen MR) is 43.6 cm³/mol. The van der Waals surface area contributed by atoms with Crippen molar-refractivity contribution in [3.05, 3.63) is 0 Å².